The summed E-state index contributed by atoms with van der Waals surface area (Å²) in [6.07, 6.45) is 0.649. The molecular formula is C18H24N2O4. The minimum atomic E-state index is -0.550. The van der Waals surface area contributed by atoms with Crippen molar-refractivity contribution in [2.75, 3.05) is 19.5 Å². The van der Waals surface area contributed by atoms with E-state index in [1.54, 1.807) is 19.2 Å². The number of aromatic nitrogens is 1. The summed E-state index contributed by atoms with van der Waals surface area (Å²) in [7, 11) is 3.06. The minimum absolute atomic E-state index is 0.135. The van der Waals surface area contributed by atoms with Gasteiger partial charge in [-0.1, -0.05) is 27.7 Å². The first-order valence-electron chi connectivity index (χ1n) is 7.85. The molecule has 0 aliphatic carbocycles. The number of hydrogen-bond acceptors (Lipinski definition) is 4. The van der Waals surface area contributed by atoms with Crippen LogP contribution in [0.25, 0.3) is 10.9 Å². The Morgan fingerprint density at radius 2 is 1.88 bits per heavy atom. The monoisotopic (exact) mass is 332 g/mol. The first-order chi connectivity index (χ1) is 11.2. The van der Waals surface area contributed by atoms with Gasteiger partial charge in [-0.3, -0.25) is 9.59 Å². The average molecular weight is 332 g/mol. The zero-order valence-corrected chi connectivity index (χ0v) is 15.0. The van der Waals surface area contributed by atoms with E-state index in [0.29, 0.717) is 29.1 Å². The average Bonchev–Trinajstić information content (AvgIpc) is 2.52. The van der Waals surface area contributed by atoms with Crippen molar-refractivity contribution in [3.63, 3.8) is 0 Å². The molecule has 0 unspecified atom stereocenters. The molecule has 2 rings (SSSR count). The minimum Gasteiger partial charge on any atom is -0.494 e. The Kier molecular flexibility index (Phi) is 4.87. The molecule has 1 aromatic heterocycles. The summed E-state index contributed by atoms with van der Waals surface area (Å²) in [5.41, 5.74) is 1.16. The topological polar surface area (TPSA) is 80.4 Å². The van der Waals surface area contributed by atoms with Crippen LogP contribution in [0.15, 0.2) is 16.9 Å². The highest BCUT2D eigenvalue weighted by molar-refractivity contribution is 6.03. The Balaban J connectivity index is 2.80. The summed E-state index contributed by atoms with van der Waals surface area (Å²) < 4.78 is 11.0. The number of anilines is 1. The van der Waals surface area contributed by atoms with Crippen LogP contribution in [0.2, 0.25) is 0 Å². The molecule has 0 saturated carbocycles. The van der Waals surface area contributed by atoms with Crippen molar-refractivity contribution < 1.29 is 14.3 Å². The van der Waals surface area contributed by atoms with Crippen LogP contribution in [-0.4, -0.2) is 25.1 Å². The standard InChI is InChI=1S/C18H24N2O4/c1-7-10-8-13(21)20-15-12(23-5)9-11(16(24-6)14(10)15)19-17(22)18(2,3)4/h8-9H,7H2,1-6H3,(H,19,22)(H,20,21). The van der Waals surface area contributed by atoms with Crippen molar-refractivity contribution in [1.29, 1.82) is 0 Å². The van der Waals surface area contributed by atoms with E-state index in [4.69, 9.17) is 9.47 Å². The number of hydrogen-bond donors (Lipinski definition) is 2. The third-order valence-electron chi connectivity index (χ3n) is 3.85. The number of H-pyrrole nitrogens is 1. The van der Waals surface area contributed by atoms with Crippen LogP contribution in [0, 0.1) is 5.41 Å². The maximum Gasteiger partial charge on any atom is 0.248 e. The Morgan fingerprint density at radius 3 is 2.38 bits per heavy atom. The molecule has 6 heteroatoms. The van der Waals surface area contributed by atoms with Gasteiger partial charge in [0.15, 0.2) is 5.75 Å². The Bertz CT molecular complexity index is 831. The number of rotatable bonds is 4. The number of fused-ring (bicyclic) bond motifs is 1. The third kappa shape index (κ3) is 3.22. The number of methoxy groups -OCH3 is 2. The Hall–Kier alpha value is -2.50. The maximum atomic E-state index is 12.4. The van der Waals surface area contributed by atoms with Crippen LogP contribution >= 0.6 is 0 Å². The molecule has 130 valence electrons. The van der Waals surface area contributed by atoms with Crippen LogP contribution < -0.4 is 20.3 Å². The molecule has 0 saturated heterocycles. The SMILES string of the molecule is CCc1cc(=O)[nH]c2c(OC)cc(NC(=O)C(C)(C)C)c(OC)c12. The number of aromatic amines is 1. The molecular weight excluding hydrogens is 308 g/mol. The number of benzene rings is 1. The summed E-state index contributed by atoms with van der Waals surface area (Å²) in [5, 5.41) is 3.64. The van der Waals surface area contributed by atoms with Crippen LogP contribution in [0.1, 0.15) is 33.3 Å². The van der Waals surface area contributed by atoms with Crippen LogP contribution in [0.5, 0.6) is 11.5 Å². The van der Waals surface area contributed by atoms with E-state index in [9.17, 15) is 9.59 Å². The van der Waals surface area contributed by atoms with Gasteiger partial charge in [0.2, 0.25) is 11.5 Å². The maximum absolute atomic E-state index is 12.4. The number of aryl methyl sites for hydroxylation is 1. The largest absolute Gasteiger partial charge is 0.494 e. The molecule has 0 aliphatic rings. The number of amides is 1. The Labute approximate surface area is 141 Å². The lowest BCUT2D eigenvalue weighted by Crippen LogP contribution is -2.28. The number of carbonyl (C=O) groups is 1. The lowest BCUT2D eigenvalue weighted by atomic mass is 9.95. The molecule has 0 radical (unpaired) electrons. The summed E-state index contributed by atoms with van der Waals surface area (Å²) in [5.74, 6) is 0.851. The van der Waals surface area contributed by atoms with E-state index < -0.39 is 5.41 Å². The zero-order chi connectivity index (χ0) is 18.1. The van der Waals surface area contributed by atoms with Gasteiger partial charge in [0.25, 0.3) is 0 Å². The second kappa shape index (κ2) is 6.55. The van der Waals surface area contributed by atoms with E-state index >= 15 is 0 Å². The van der Waals surface area contributed by atoms with Gasteiger partial charge in [0.1, 0.15) is 5.75 Å². The van der Waals surface area contributed by atoms with E-state index in [1.807, 2.05) is 27.7 Å². The lowest BCUT2D eigenvalue weighted by Gasteiger charge is -2.21. The predicted octanol–water partition coefficient (Wildman–Crippen LogP) is 3.09. The fourth-order valence-corrected chi connectivity index (χ4v) is 2.51. The molecule has 2 aromatic rings. The molecule has 0 fully saturated rings. The lowest BCUT2D eigenvalue weighted by molar-refractivity contribution is -0.123. The van der Waals surface area contributed by atoms with Gasteiger partial charge in [-0.15, -0.1) is 0 Å². The first kappa shape index (κ1) is 17.8. The molecule has 24 heavy (non-hydrogen) atoms. The zero-order valence-electron chi connectivity index (χ0n) is 15.0. The number of ether oxygens (including phenoxy) is 2. The predicted molar refractivity (Wildman–Crippen MR) is 95.1 cm³/mol. The molecule has 1 aromatic carbocycles. The highest BCUT2D eigenvalue weighted by atomic mass is 16.5. The molecule has 0 spiro atoms. The second-order valence-corrected chi connectivity index (χ2v) is 6.63. The third-order valence-corrected chi connectivity index (χ3v) is 3.85. The van der Waals surface area contributed by atoms with Gasteiger partial charge in [0, 0.05) is 22.9 Å². The molecule has 1 heterocycles. The number of pyridine rings is 1. The molecule has 2 N–H and O–H groups in total. The van der Waals surface area contributed by atoms with Gasteiger partial charge < -0.3 is 19.8 Å². The van der Waals surface area contributed by atoms with Crippen molar-refractivity contribution in [2.45, 2.75) is 34.1 Å². The smallest absolute Gasteiger partial charge is 0.248 e. The van der Waals surface area contributed by atoms with Crippen LogP contribution in [-0.2, 0) is 11.2 Å². The Morgan fingerprint density at radius 1 is 1.21 bits per heavy atom. The molecule has 1 amide bonds. The second-order valence-electron chi connectivity index (χ2n) is 6.63. The van der Waals surface area contributed by atoms with Crippen molar-refractivity contribution in [1.82, 2.24) is 4.98 Å². The van der Waals surface area contributed by atoms with Crippen molar-refractivity contribution in [3.8, 4) is 11.5 Å². The molecule has 0 aliphatic heterocycles. The quantitative estimate of drug-likeness (QED) is 0.901. The van der Waals surface area contributed by atoms with Crippen molar-refractivity contribution >= 4 is 22.5 Å². The van der Waals surface area contributed by atoms with E-state index in [-0.39, 0.29) is 11.5 Å². The summed E-state index contributed by atoms with van der Waals surface area (Å²) in [6.45, 7) is 7.46. The van der Waals surface area contributed by atoms with E-state index in [2.05, 4.69) is 10.3 Å². The van der Waals surface area contributed by atoms with Crippen molar-refractivity contribution in [2.24, 2.45) is 5.41 Å². The summed E-state index contributed by atoms with van der Waals surface area (Å²) in [6, 6.07) is 3.21. The van der Waals surface area contributed by atoms with Gasteiger partial charge in [-0.2, -0.15) is 0 Å². The van der Waals surface area contributed by atoms with Gasteiger partial charge >= 0.3 is 0 Å². The number of nitrogens with one attached hydrogen (secondary N) is 2. The summed E-state index contributed by atoms with van der Waals surface area (Å²) >= 11 is 0. The van der Waals surface area contributed by atoms with Gasteiger partial charge in [-0.05, 0) is 12.0 Å². The highest BCUT2D eigenvalue weighted by Crippen LogP contribution is 2.40. The van der Waals surface area contributed by atoms with Gasteiger partial charge in [-0.25, -0.2) is 0 Å². The van der Waals surface area contributed by atoms with E-state index in [1.165, 1.54) is 7.11 Å². The highest BCUT2D eigenvalue weighted by Gasteiger charge is 2.24. The summed E-state index contributed by atoms with van der Waals surface area (Å²) in [4.78, 5) is 27.1. The normalized spacial score (nSPS) is 11.4. The van der Waals surface area contributed by atoms with E-state index in [0.717, 1.165) is 10.9 Å². The fraction of sp³-hybridized carbons (Fsp3) is 0.444. The van der Waals surface area contributed by atoms with Crippen LogP contribution in [0.4, 0.5) is 5.69 Å². The first-order valence-corrected chi connectivity index (χ1v) is 7.85. The molecule has 0 bridgehead atoms. The van der Waals surface area contributed by atoms with Crippen molar-refractivity contribution in [3.05, 3.63) is 28.0 Å². The number of carbonyl (C=O) groups excluding carboxylic acids is 1. The fourth-order valence-electron chi connectivity index (χ4n) is 2.51. The molecule has 0 atom stereocenters. The van der Waals surface area contributed by atoms with Gasteiger partial charge in [0.05, 0.1) is 25.4 Å². The van der Waals surface area contributed by atoms with Crippen LogP contribution in [0.3, 0.4) is 0 Å². The molecule has 6 nitrogen and oxygen atoms in total.